The first-order valence-electron chi connectivity index (χ1n) is 10.1. The maximum atomic E-state index is 5.14. The first-order valence-corrected chi connectivity index (χ1v) is 10.1. The fraction of sp³-hybridized carbons (Fsp3) is 0.476. The molecule has 0 amide bonds. The second kappa shape index (κ2) is 10.3. The van der Waals surface area contributed by atoms with Crippen molar-refractivity contribution < 1.29 is 4.74 Å². The molecule has 1 aliphatic heterocycles. The van der Waals surface area contributed by atoms with Crippen molar-refractivity contribution in [3.63, 3.8) is 0 Å². The number of aromatic nitrogens is 4. The van der Waals surface area contributed by atoms with Gasteiger partial charge in [0, 0.05) is 49.8 Å². The van der Waals surface area contributed by atoms with Crippen molar-refractivity contribution in [2.75, 3.05) is 20.7 Å². The lowest BCUT2D eigenvalue weighted by Gasteiger charge is -2.25. The minimum atomic E-state index is 0. The molecule has 3 heterocycles. The van der Waals surface area contributed by atoms with E-state index in [-0.39, 0.29) is 30.0 Å². The van der Waals surface area contributed by atoms with Gasteiger partial charge < -0.3 is 20.4 Å². The number of nitrogens with zero attached hydrogens (tertiary/aromatic N) is 4. The van der Waals surface area contributed by atoms with E-state index in [4.69, 9.17) is 4.74 Å². The number of fused-ring (bicyclic) bond motifs is 2. The number of aliphatic imine (C=N–C) groups is 1. The molecule has 4 rings (SSSR count). The SMILES string of the molecule is CN=C(NCCc1c(C)[nH]c2ccccc12)NC1CCc2nc(COC)nn2C1.I. The molecule has 0 spiro atoms. The van der Waals surface area contributed by atoms with E-state index < -0.39 is 0 Å². The van der Waals surface area contributed by atoms with Gasteiger partial charge in [0.2, 0.25) is 0 Å². The molecule has 2 aromatic heterocycles. The highest BCUT2D eigenvalue weighted by molar-refractivity contribution is 14.0. The Hall–Kier alpha value is -2.14. The lowest BCUT2D eigenvalue weighted by atomic mass is 10.1. The Morgan fingerprint density at radius 3 is 3.00 bits per heavy atom. The summed E-state index contributed by atoms with van der Waals surface area (Å²) in [6.07, 6.45) is 2.85. The number of benzene rings is 1. The van der Waals surface area contributed by atoms with E-state index in [0.717, 1.165) is 50.0 Å². The second-order valence-electron chi connectivity index (χ2n) is 7.46. The lowest BCUT2D eigenvalue weighted by Crippen LogP contribution is -2.47. The molecule has 3 N–H and O–H groups in total. The van der Waals surface area contributed by atoms with Crippen molar-refractivity contribution in [1.29, 1.82) is 0 Å². The van der Waals surface area contributed by atoms with E-state index in [9.17, 15) is 0 Å². The van der Waals surface area contributed by atoms with E-state index >= 15 is 0 Å². The number of nitrogens with one attached hydrogen (secondary N) is 3. The average molecular weight is 523 g/mol. The van der Waals surface area contributed by atoms with Gasteiger partial charge in [-0.2, -0.15) is 5.10 Å². The summed E-state index contributed by atoms with van der Waals surface area (Å²) in [6.45, 7) is 4.20. The topological polar surface area (TPSA) is 92.2 Å². The third-order valence-electron chi connectivity index (χ3n) is 5.43. The zero-order valence-corrected chi connectivity index (χ0v) is 20.1. The van der Waals surface area contributed by atoms with Crippen LogP contribution in [0.4, 0.5) is 0 Å². The predicted octanol–water partition coefficient (Wildman–Crippen LogP) is 2.55. The Balaban J connectivity index is 0.00000256. The molecular weight excluding hydrogens is 493 g/mol. The Kier molecular flexibility index (Phi) is 7.70. The number of halogens is 1. The van der Waals surface area contributed by atoms with Crippen molar-refractivity contribution in [3.8, 4) is 0 Å². The summed E-state index contributed by atoms with van der Waals surface area (Å²) in [5.74, 6) is 2.61. The molecule has 0 fully saturated rings. The Morgan fingerprint density at radius 1 is 1.37 bits per heavy atom. The molecule has 0 bridgehead atoms. The third-order valence-corrected chi connectivity index (χ3v) is 5.43. The standard InChI is InChI=1S/C21H29N7O.HI/c1-14-16(17-6-4-5-7-18(17)24-14)10-11-23-21(22-2)25-15-8-9-20-26-19(13-29-3)27-28(20)12-15;/h4-7,15,24H,8-13H2,1-3H3,(H2,22,23,25);1H. The van der Waals surface area contributed by atoms with Crippen LogP contribution in [0.2, 0.25) is 0 Å². The van der Waals surface area contributed by atoms with Crippen LogP contribution in [0.25, 0.3) is 10.9 Å². The number of rotatable bonds is 6. The number of para-hydroxylation sites is 1. The van der Waals surface area contributed by atoms with Crippen molar-refractivity contribution in [3.05, 3.63) is 47.2 Å². The minimum Gasteiger partial charge on any atom is -0.377 e. The van der Waals surface area contributed by atoms with Crippen molar-refractivity contribution in [1.82, 2.24) is 30.4 Å². The number of aryl methyl sites for hydroxylation is 2. The second-order valence-corrected chi connectivity index (χ2v) is 7.46. The fourth-order valence-corrected chi connectivity index (χ4v) is 4.02. The number of hydrogen-bond donors (Lipinski definition) is 3. The van der Waals surface area contributed by atoms with Crippen molar-refractivity contribution in [2.45, 2.75) is 45.4 Å². The summed E-state index contributed by atoms with van der Waals surface area (Å²) in [5.41, 5.74) is 3.79. The number of methoxy groups -OCH3 is 1. The van der Waals surface area contributed by atoms with Crippen LogP contribution in [0.3, 0.4) is 0 Å². The van der Waals surface area contributed by atoms with Gasteiger partial charge in [0.05, 0.1) is 6.54 Å². The van der Waals surface area contributed by atoms with Crippen LogP contribution >= 0.6 is 24.0 Å². The molecule has 3 aromatic rings. The van der Waals surface area contributed by atoms with Gasteiger partial charge >= 0.3 is 0 Å². The van der Waals surface area contributed by atoms with E-state index in [1.165, 1.54) is 22.2 Å². The molecule has 9 heteroatoms. The van der Waals surface area contributed by atoms with Crippen LogP contribution in [0, 0.1) is 6.92 Å². The first kappa shape index (κ1) is 22.5. The van der Waals surface area contributed by atoms with Crippen LogP contribution < -0.4 is 10.6 Å². The summed E-state index contributed by atoms with van der Waals surface area (Å²) < 4.78 is 7.12. The minimum absolute atomic E-state index is 0. The van der Waals surface area contributed by atoms with Crippen LogP contribution in [0.15, 0.2) is 29.3 Å². The monoisotopic (exact) mass is 523 g/mol. The Labute approximate surface area is 193 Å². The first-order chi connectivity index (χ1) is 14.2. The summed E-state index contributed by atoms with van der Waals surface area (Å²) in [5, 5.41) is 12.8. The molecule has 8 nitrogen and oxygen atoms in total. The molecule has 162 valence electrons. The maximum absolute atomic E-state index is 5.14. The average Bonchev–Trinajstić information content (AvgIpc) is 3.27. The largest absolute Gasteiger partial charge is 0.377 e. The summed E-state index contributed by atoms with van der Waals surface area (Å²) >= 11 is 0. The highest BCUT2D eigenvalue weighted by atomic mass is 127. The highest BCUT2D eigenvalue weighted by Gasteiger charge is 2.22. The molecule has 1 atom stereocenters. The zero-order chi connectivity index (χ0) is 20.2. The van der Waals surface area contributed by atoms with Crippen LogP contribution in [-0.2, 0) is 30.7 Å². The van der Waals surface area contributed by atoms with E-state index in [0.29, 0.717) is 6.61 Å². The summed E-state index contributed by atoms with van der Waals surface area (Å²) in [4.78, 5) is 12.4. The number of ether oxygens (including phenoxy) is 1. The molecule has 0 saturated carbocycles. The quantitative estimate of drug-likeness (QED) is 0.263. The van der Waals surface area contributed by atoms with E-state index in [1.54, 1.807) is 7.11 Å². The van der Waals surface area contributed by atoms with Gasteiger partial charge in [0.25, 0.3) is 0 Å². The molecular formula is C21H30IN7O. The molecule has 1 aliphatic rings. The Bertz CT molecular complexity index is 1010. The van der Waals surface area contributed by atoms with Crippen molar-refractivity contribution in [2.24, 2.45) is 4.99 Å². The fourth-order valence-electron chi connectivity index (χ4n) is 4.02. The molecule has 1 unspecified atom stereocenters. The van der Waals surface area contributed by atoms with Gasteiger partial charge in [-0.3, -0.25) is 4.99 Å². The van der Waals surface area contributed by atoms with E-state index in [2.05, 4.69) is 61.9 Å². The van der Waals surface area contributed by atoms with Crippen LogP contribution in [-0.4, -0.2) is 52.5 Å². The van der Waals surface area contributed by atoms with Gasteiger partial charge in [0.1, 0.15) is 12.4 Å². The van der Waals surface area contributed by atoms with Gasteiger partial charge in [-0.25, -0.2) is 9.67 Å². The van der Waals surface area contributed by atoms with Gasteiger partial charge in [-0.1, -0.05) is 18.2 Å². The summed E-state index contributed by atoms with van der Waals surface area (Å²) in [7, 11) is 3.48. The predicted molar refractivity (Wildman–Crippen MR) is 129 cm³/mol. The van der Waals surface area contributed by atoms with Crippen LogP contribution in [0.1, 0.15) is 29.3 Å². The smallest absolute Gasteiger partial charge is 0.191 e. The number of guanidine groups is 1. The molecule has 0 aliphatic carbocycles. The highest BCUT2D eigenvalue weighted by Crippen LogP contribution is 2.22. The lowest BCUT2D eigenvalue weighted by molar-refractivity contribution is 0.177. The summed E-state index contributed by atoms with van der Waals surface area (Å²) in [6, 6.07) is 8.73. The van der Waals surface area contributed by atoms with Gasteiger partial charge in [-0.15, -0.1) is 24.0 Å². The van der Waals surface area contributed by atoms with Gasteiger partial charge in [0.15, 0.2) is 11.8 Å². The van der Waals surface area contributed by atoms with Gasteiger partial charge in [-0.05, 0) is 31.4 Å². The van der Waals surface area contributed by atoms with Crippen LogP contribution in [0.5, 0.6) is 0 Å². The molecule has 1 aromatic carbocycles. The zero-order valence-electron chi connectivity index (χ0n) is 17.7. The molecule has 30 heavy (non-hydrogen) atoms. The normalized spacial score (nSPS) is 16.2. The Morgan fingerprint density at radius 2 is 2.20 bits per heavy atom. The molecule has 0 saturated heterocycles. The third kappa shape index (κ3) is 4.94. The molecule has 0 radical (unpaired) electrons. The number of H-pyrrole nitrogens is 1. The number of aromatic amines is 1. The number of hydrogen-bond acceptors (Lipinski definition) is 4. The maximum Gasteiger partial charge on any atom is 0.191 e. The van der Waals surface area contributed by atoms with Crippen molar-refractivity contribution >= 4 is 40.8 Å². The van der Waals surface area contributed by atoms with E-state index in [1.807, 2.05) is 11.7 Å².